The summed E-state index contributed by atoms with van der Waals surface area (Å²) in [7, 11) is 0. The molecule has 8 nitrogen and oxygen atoms in total. The monoisotopic (exact) mass is 436 g/mol. The zero-order valence-corrected chi connectivity index (χ0v) is 16.9. The van der Waals surface area contributed by atoms with Gasteiger partial charge in [-0.05, 0) is 37.1 Å². The highest BCUT2D eigenvalue weighted by Gasteiger charge is 2.19. The number of benzene rings is 1. The molecule has 1 heterocycles. The molecule has 0 aliphatic carbocycles. The Hall–Kier alpha value is -2.68. The number of carbonyl (C=O) groups is 2. The number of nitrogens with zero attached hydrogens (tertiary/aromatic N) is 2. The molecule has 0 saturated heterocycles. The first-order chi connectivity index (χ1) is 12.8. The number of anilines is 1. The molecule has 0 aliphatic heterocycles. The molecule has 9 heteroatoms. The van der Waals surface area contributed by atoms with E-state index in [9.17, 15) is 14.4 Å². The largest absolute Gasteiger partial charge is 0.462 e. The summed E-state index contributed by atoms with van der Waals surface area (Å²) in [6, 6.07) is 6.63. The first-order valence-electron chi connectivity index (χ1n) is 8.43. The fourth-order valence-corrected chi connectivity index (χ4v) is 2.36. The van der Waals surface area contributed by atoms with Gasteiger partial charge >= 0.3 is 5.97 Å². The van der Waals surface area contributed by atoms with E-state index in [0.29, 0.717) is 12.1 Å². The molecule has 1 aromatic heterocycles. The van der Waals surface area contributed by atoms with Crippen molar-refractivity contribution in [2.75, 3.05) is 23.9 Å². The van der Waals surface area contributed by atoms with Crippen LogP contribution < -0.4 is 16.3 Å². The van der Waals surface area contributed by atoms with Crippen molar-refractivity contribution in [1.29, 1.82) is 0 Å². The lowest BCUT2D eigenvalue weighted by molar-refractivity contribution is 0.0522. The van der Waals surface area contributed by atoms with Crippen molar-refractivity contribution < 1.29 is 14.3 Å². The number of hydrogen-bond donors (Lipinski definition) is 2. The second-order valence-corrected chi connectivity index (χ2v) is 6.99. The number of aromatic nitrogens is 2. The lowest BCUT2D eigenvalue weighted by atomic mass is 10.2. The molecule has 2 N–H and O–H groups in total. The summed E-state index contributed by atoms with van der Waals surface area (Å²) in [5.41, 5.74) is 1.86. The van der Waals surface area contributed by atoms with Gasteiger partial charge in [-0.1, -0.05) is 29.8 Å². The number of rotatable bonds is 7. The zero-order chi connectivity index (χ0) is 20.0. The SMILES string of the molecule is CCOC(=O)c1cnc(NCC(C)C)n(NC(=O)c2ccc(Br)cc2)c1=O. The van der Waals surface area contributed by atoms with Gasteiger partial charge in [0.15, 0.2) is 0 Å². The Kier molecular flexibility index (Phi) is 7.12. The van der Waals surface area contributed by atoms with Gasteiger partial charge in [0.2, 0.25) is 5.95 Å². The average Bonchev–Trinajstić information content (AvgIpc) is 2.62. The summed E-state index contributed by atoms with van der Waals surface area (Å²) in [5, 5.41) is 3.00. The van der Waals surface area contributed by atoms with Gasteiger partial charge in [0.05, 0.1) is 12.8 Å². The first-order valence-corrected chi connectivity index (χ1v) is 9.22. The van der Waals surface area contributed by atoms with Crippen LogP contribution in [0.15, 0.2) is 39.7 Å². The van der Waals surface area contributed by atoms with Crippen LogP contribution >= 0.6 is 15.9 Å². The Morgan fingerprint density at radius 2 is 1.93 bits per heavy atom. The van der Waals surface area contributed by atoms with Crippen LogP contribution in [0.25, 0.3) is 0 Å². The minimum Gasteiger partial charge on any atom is -0.462 e. The quantitative estimate of drug-likeness (QED) is 0.646. The van der Waals surface area contributed by atoms with E-state index in [4.69, 9.17) is 4.74 Å². The molecule has 0 bridgehead atoms. The van der Waals surface area contributed by atoms with Crippen molar-refractivity contribution in [2.24, 2.45) is 5.92 Å². The summed E-state index contributed by atoms with van der Waals surface area (Å²) in [6.45, 7) is 6.26. The molecule has 0 spiro atoms. The third kappa shape index (κ3) is 5.40. The van der Waals surface area contributed by atoms with Gasteiger partial charge in [-0.15, -0.1) is 0 Å². The molecule has 0 unspecified atom stereocenters. The number of amides is 1. The maximum Gasteiger partial charge on any atom is 0.345 e. The predicted octanol–water partition coefficient (Wildman–Crippen LogP) is 2.63. The molecule has 2 rings (SSSR count). The van der Waals surface area contributed by atoms with Crippen molar-refractivity contribution >= 4 is 33.8 Å². The molecule has 0 radical (unpaired) electrons. The summed E-state index contributed by atoms with van der Waals surface area (Å²) >= 11 is 3.30. The van der Waals surface area contributed by atoms with Crippen molar-refractivity contribution in [3.05, 3.63) is 56.4 Å². The second kappa shape index (κ2) is 9.31. The fraction of sp³-hybridized carbons (Fsp3) is 0.333. The highest BCUT2D eigenvalue weighted by molar-refractivity contribution is 9.10. The molecule has 0 fully saturated rings. The van der Waals surface area contributed by atoms with E-state index >= 15 is 0 Å². The van der Waals surface area contributed by atoms with Crippen LogP contribution in [0.5, 0.6) is 0 Å². The molecule has 1 aromatic carbocycles. The summed E-state index contributed by atoms with van der Waals surface area (Å²) in [5.74, 6) is -0.897. The Balaban J connectivity index is 2.40. The molecule has 0 aliphatic rings. The molecule has 0 saturated carbocycles. The summed E-state index contributed by atoms with van der Waals surface area (Å²) in [6.07, 6.45) is 1.14. The van der Waals surface area contributed by atoms with Gasteiger partial charge in [-0.25, -0.2) is 9.78 Å². The number of nitrogens with one attached hydrogen (secondary N) is 2. The van der Waals surface area contributed by atoms with Gasteiger partial charge in [0, 0.05) is 16.6 Å². The number of ether oxygens (including phenoxy) is 1. The fourth-order valence-electron chi connectivity index (χ4n) is 2.10. The highest BCUT2D eigenvalue weighted by Crippen LogP contribution is 2.11. The Bertz CT molecular complexity index is 878. The average molecular weight is 437 g/mol. The normalized spacial score (nSPS) is 10.6. The van der Waals surface area contributed by atoms with E-state index in [1.54, 1.807) is 31.2 Å². The van der Waals surface area contributed by atoms with Gasteiger partial charge in [-0.3, -0.25) is 15.0 Å². The summed E-state index contributed by atoms with van der Waals surface area (Å²) < 4.78 is 6.62. The lowest BCUT2D eigenvalue weighted by Crippen LogP contribution is -2.38. The van der Waals surface area contributed by atoms with Crippen LogP contribution in [0.3, 0.4) is 0 Å². The minimum atomic E-state index is -0.794. The van der Waals surface area contributed by atoms with Crippen molar-refractivity contribution in [1.82, 2.24) is 9.66 Å². The molecular weight excluding hydrogens is 416 g/mol. The first kappa shape index (κ1) is 20.6. The lowest BCUT2D eigenvalue weighted by Gasteiger charge is -2.16. The van der Waals surface area contributed by atoms with E-state index in [0.717, 1.165) is 15.3 Å². The third-order valence-corrected chi connectivity index (χ3v) is 3.97. The number of hydrogen-bond acceptors (Lipinski definition) is 6. The van der Waals surface area contributed by atoms with Crippen LogP contribution in [-0.4, -0.2) is 34.7 Å². The van der Waals surface area contributed by atoms with Crippen LogP contribution in [0.1, 0.15) is 41.5 Å². The van der Waals surface area contributed by atoms with Crippen molar-refractivity contribution in [3.63, 3.8) is 0 Å². The molecule has 0 atom stereocenters. The van der Waals surface area contributed by atoms with Gasteiger partial charge in [0.1, 0.15) is 5.56 Å². The second-order valence-electron chi connectivity index (χ2n) is 6.08. The summed E-state index contributed by atoms with van der Waals surface area (Å²) in [4.78, 5) is 41.3. The van der Waals surface area contributed by atoms with Gasteiger partial charge in [0.25, 0.3) is 11.5 Å². The molecule has 2 aromatic rings. The predicted molar refractivity (Wildman–Crippen MR) is 106 cm³/mol. The number of halogens is 1. The van der Waals surface area contributed by atoms with E-state index in [1.807, 2.05) is 13.8 Å². The third-order valence-electron chi connectivity index (χ3n) is 3.44. The van der Waals surface area contributed by atoms with Crippen LogP contribution in [-0.2, 0) is 4.74 Å². The van der Waals surface area contributed by atoms with Crippen LogP contribution in [0.2, 0.25) is 0 Å². The Labute approximate surface area is 165 Å². The minimum absolute atomic E-state index is 0.122. The van der Waals surface area contributed by atoms with E-state index in [1.165, 1.54) is 0 Å². The van der Waals surface area contributed by atoms with E-state index in [-0.39, 0.29) is 24.0 Å². The van der Waals surface area contributed by atoms with Crippen molar-refractivity contribution in [2.45, 2.75) is 20.8 Å². The van der Waals surface area contributed by atoms with Crippen LogP contribution in [0, 0.1) is 5.92 Å². The van der Waals surface area contributed by atoms with Crippen molar-refractivity contribution in [3.8, 4) is 0 Å². The number of carbonyl (C=O) groups excluding carboxylic acids is 2. The number of esters is 1. The molecule has 27 heavy (non-hydrogen) atoms. The maximum absolute atomic E-state index is 12.7. The molecule has 1 amide bonds. The Morgan fingerprint density at radius 3 is 2.52 bits per heavy atom. The zero-order valence-electron chi connectivity index (χ0n) is 15.3. The molecule has 144 valence electrons. The van der Waals surface area contributed by atoms with E-state index < -0.39 is 17.4 Å². The van der Waals surface area contributed by atoms with E-state index in [2.05, 4.69) is 31.7 Å². The standard InChI is InChI=1S/C18H21BrN4O4/c1-4-27-17(26)14-10-21-18(20-9-11(2)3)23(16(14)25)22-15(24)12-5-7-13(19)8-6-12/h5-8,10-11H,4,9H2,1-3H3,(H,20,21)(H,22,24). The van der Waals surface area contributed by atoms with Crippen LogP contribution in [0.4, 0.5) is 5.95 Å². The van der Waals surface area contributed by atoms with Gasteiger partial charge < -0.3 is 10.1 Å². The van der Waals surface area contributed by atoms with Gasteiger partial charge in [-0.2, -0.15) is 4.68 Å². The molecular formula is C18H21BrN4O4. The maximum atomic E-state index is 12.7. The smallest absolute Gasteiger partial charge is 0.345 e. The Morgan fingerprint density at radius 1 is 1.26 bits per heavy atom. The topological polar surface area (TPSA) is 102 Å². The highest BCUT2D eigenvalue weighted by atomic mass is 79.9.